The van der Waals surface area contributed by atoms with Crippen LogP contribution in [0.1, 0.15) is 36.5 Å². The van der Waals surface area contributed by atoms with Crippen LogP contribution in [0.3, 0.4) is 0 Å². The molecular formula is C15H17ClFNO6S. The molecule has 0 spiro atoms. The molecule has 0 bridgehead atoms. The minimum Gasteiger partial charge on any atom is -0.478 e. The topological polar surface area (TPSA) is 101 Å². The predicted octanol–water partition coefficient (Wildman–Crippen LogP) is 2.28. The molecule has 2 rings (SSSR count). The van der Waals surface area contributed by atoms with Crippen LogP contribution in [0.4, 0.5) is 4.39 Å². The molecule has 0 aliphatic carbocycles. The Morgan fingerprint density at radius 3 is 2.68 bits per heavy atom. The summed E-state index contributed by atoms with van der Waals surface area (Å²) >= 11 is 5.65. The summed E-state index contributed by atoms with van der Waals surface area (Å²) in [6, 6.07) is 0.245. The van der Waals surface area contributed by atoms with Crippen LogP contribution in [-0.4, -0.2) is 49.0 Å². The van der Waals surface area contributed by atoms with Crippen molar-refractivity contribution >= 4 is 33.6 Å². The second-order valence-electron chi connectivity index (χ2n) is 5.45. The van der Waals surface area contributed by atoms with E-state index in [9.17, 15) is 22.4 Å². The molecule has 0 radical (unpaired) electrons. The van der Waals surface area contributed by atoms with Gasteiger partial charge in [-0.3, -0.25) is 4.79 Å². The van der Waals surface area contributed by atoms with Gasteiger partial charge in [-0.25, -0.2) is 17.6 Å². The van der Waals surface area contributed by atoms with E-state index in [1.807, 2.05) is 0 Å². The van der Waals surface area contributed by atoms with Gasteiger partial charge in [0.1, 0.15) is 16.8 Å². The SMILES string of the molecule is CCOC(=O)C1CCCCN1S(=O)(=O)c1cc(C(=O)O)c(Cl)cc1F. The number of hydrogen-bond donors (Lipinski definition) is 1. The van der Waals surface area contributed by atoms with E-state index in [1.165, 1.54) is 0 Å². The minimum atomic E-state index is -4.44. The van der Waals surface area contributed by atoms with Crippen molar-refractivity contribution in [1.29, 1.82) is 0 Å². The van der Waals surface area contributed by atoms with Gasteiger partial charge in [0.05, 0.1) is 17.2 Å². The van der Waals surface area contributed by atoms with Crippen LogP contribution in [0.5, 0.6) is 0 Å². The number of aromatic carboxylic acids is 1. The van der Waals surface area contributed by atoms with E-state index in [4.69, 9.17) is 21.4 Å². The number of benzene rings is 1. The molecule has 1 aromatic carbocycles. The van der Waals surface area contributed by atoms with E-state index in [-0.39, 0.29) is 19.6 Å². The number of rotatable bonds is 5. The van der Waals surface area contributed by atoms with Gasteiger partial charge >= 0.3 is 11.9 Å². The minimum absolute atomic E-state index is 0.0102. The third-order valence-electron chi connectivity index (χ3n) is 3.85. The van der Waals surface area contributed by atoms with Gasteiger partial charge in [0.2, 0.25) is 10.0 Å². The first-order valence-electron chi connectivity index (χ1n) is 7.61. The fourth-order valence-corrected chi connectivity index (χ4v) is 4.64. The summed E-state index contributed by atoms with van der Waals surface area (Å²) in [5, 5.41) is 8.67. The van der Waals surface area contributed by atoms with E-state index < -0.39 is 49.3 Å². The average molecular weight is 394 g/mol. The van der Waals surface area contributed by atoms with Crippen LogP contribution >= 0.6 is 11.6 Å². The highest BCUT2D eigenvalue weighted by Crippen LogP contribution is 2.30. The second-order valence-corrected chi connectivity index (χ2v) is 7.71. The molecule has 10 heteroatoms. The predicted molar refractivity (Wildman–Crippen MR) is 86.5 cm³/mol. The Kier molecular flexibility index (Phi) is 6.02. The van der Waals surface area contributed by atoms with Gasteiger partial charge in [-0.2, -0.15) is 4.31 Å². The molecule has 25 heavy (non-hydrogen) atoms. The number of ether oxygens (including phenoxy) is 1. The zero-order valence-corrected chi connectivity index (χ0v) is 14.9. The van der Waals surface area contributed by atoms with Crippen molar-refractivity contribution in [3.8, 4) is 0 Å². The average Bonchev–Trinajstić information content (AvgIpc) is 2.54. The third-order valence-corrected chi connectivity index (χ3v) is 6.09. The van der Waals surface area contributed by atoms with Gasteiger partial charge in [-0.1, -0.05) is 11.6 Å². The first-order valence-corrected chi connectivity index (χ1v) is 9.42. The molecule has 1 heterocycles. The quantitative estimate of drug-likeness (QED) is 0.770. The Morgan fingerprint density at radius 2 is 2.08 bits per heavy atom. The van der Waals surface area contributed by atoms with Crippen LogP contribution in [0.25, 0.3) is 0 Å². The molecule has 1 aliphatic heterocycles. The highest BCUT2D eigenvalue weighted by molar-refractivity contribution is 7.89. The fraction of sp³-hybridized carbons (Fsp3) is 0.467. The molecule has 0 saturated carbocycles. The summed E-state index contributed by atoms with van der Waals surface area (Å²) < 4.78 is 45.7. The van der Waals surface area contributed by atoms with Crippen molar-refractivity contribution in [3.63, 3.8) is 0 Å². The van der Waals surface area contributed by atoms with Crippen molar-refractivity contribution < 1.29 is 32.2 Å². The number of sulfonamides is 1. The summed E-state index contributed by atoms with van der Waals surface area (Å²) in [4.78, 5) is 22.4. The van der Waals surface area contributed by atoms with Gasteiger partial charge in [0.15, 0.2) is 0 Å². The highest BCUT2D eigenvalue weighted by Gasteiger charge is 2.40. The number of hydrogen-bond acceptors (Lipinski definition) is 5. The van der Waals surface area contributed by atoms with Gasteiger partial charge in [0.25, 0.3) is 0 Å². The van der Waals surface area contributed by atoms with Crippen LogP contribution < -0.4 is 0 Å². The van der Waals surface area contributed by atoms with Crippen molar-refractivity contribution in [3.05, 3.63) is 28.5 Å². The largest absolute Gasteiger partial charge is 0.478 e. The highest BCUT2D eigenvalue weighted by atomic mass is 35.5. The molecule has 1 atom stereocenters. The molecule has 1 N–H and O–H groups in total. The van der Waals surface area contributed by atoms with E-state index >= 15 is 0 Å². The Bertz CT molecular complexity index is 797. The Balaban J connectivity index is 2.51. The molecule has 7 nitrogen and oxygen atoms in total. The Hall–Kier alpha value is -1.71. The first kappa shape index (κ1) is 19.6. The normalized spacial score (nSPS) is 18.8. The molecule has 1 unspecified atom stereocenters. The Morgan fingerprint density at radius 1 is 1.40 bits per heavy atom. The molecule has 138 valence electrons. The lowest BCUT2D eigenvalue weighted by atomic mass is 10.1. The van der Waals surface area contributed by atoms with E-state index in [2.05, 4.69) is 0 Å². The monoisotopic (exact) mass is 393 g/mol. The fourth-order valence-electron chi connectivity index (χ4n) is 2.68. The maximum Gasteiger partial charge on any atom is 0.337 e. The Labute approximate surface area is 149 Å². The number of carbonyl (C=O) groups excluding carboxylic acids is 1. The number of halogens is 2. The maximum absolute atomic E-state index is 14.2. The van der Waals surface area contributed by atoms with Gasteiger partial charge in [-0.05, 0) is 38.3 Å². The molecule has 0 amide bonds. The lowest BCUT2D eigenvalue weighted by Crippen LogP contribution is -2.48. The molecule has 1 fully saturated rings. The van der Waals surface area contributed by atoms with Crippen molar-refractivity contribution in [2.45, 2.75) is 37.1 Å². The van der Waals surface area contributed by atoms with Crippen molar-refractivity contribution in [2.24, 2.45) is 0 Å². The number of piperidine rings is 1. The van der Waals surface area contributed by atoms with Crippen LogP contribution in [0.15, 0.2) is 17.0 Å². The standard InChI is InChI=1S/C15H17ClFNO6S/c1-2-24-15(21)12-5-3-4-6-18(12)25(22,23)13-7-9(14(19)20)10(16)8-11(13)17/h7-8,12H,2-6H2,1H3,(H,19,20). The van der Waals surface area contributed by atoms with Crippen molar-refractivity contribution in [1.82, 2.24) is 4.31 Å². The summed E-state index contributed by atoms with van der Waals surface area (Å²) in [6.45, 7) is 1.69. The summed E-state index contributed by atoms with van der Waals surface area (Å²) in [5.74, 6) is -3.37. The van der Waals surface area contributed by atoms with Gasteiger partial charge in [-0.15, -0.1) is 0 Å². The summed E-state index contributed by atoms with van der Waals surface area (Å²) in [5.41, 5.74) is -0.536. The third kappa shape index (κ3) is 3.94. The van der Waals surface area contributed by atoms with Crippen LogP contribution in [0.2, 0.25) is 5.02 Å². The number of carboxylic acids is 1. The van der Waals surface area contributed by atoms with Gasteiger partial charge < -0.3 is 9.84 Å². The zero-order chi connectivity index (χ0) is 18.8. The van der Waals surface area contributed by atoms with E-state index in [0.717, 1.165) is 4.31 Å². The summed E-state index contributed by atoms with van der Waals surface area (Å²) in [6.07, 6.45) is 1.37. The van der Waals surface area contributed by atoms with Crippen LogP contribution in [0, 0.1) is 5.82 Å². The number of esters is 1. The number of nitrogens with zero attached hydrogens (tertiary/aromatic N) is 1. The molecule has 1 saturated heterocycles. The second kappa shape index (κ2) is 7.67. The lowest BCUT2D eigenvalue weighted by molar-refractivity contribution is -0.148. The smallest absolute Gasteiger partial charge is 0.337 e. The number of carbonyl (C=O) groups is 2. The molecular weight excluding hydrogens is 377 g/mol. The van der Waals surface area contributed by atoms with Crippen molar-refractivity contribution in [2.75, 3.05) is 13.2 Å². The van der Waals surface area contributed by atoms with E-state index in [1.54, 1.807) is 6.92 Å². The molecule has 1 aliphatic rings. The molecule has 0 aromatic heterocycles. The molecule has 1 aromatic rings. The summed E-state index contributed by atoms with van der Waals surface area (Å²) in [7, 11) is -4.44. The number of carboxylic acid groups (broad SMARTS) is 1. The lowest BCUT2D eigenvalue weighted by Gasteiger charge is -2.33. The van der Waals surface area contributed by atoms with Crippen LogP contribution in [-0.2, 0) is 19.6 Å². The maximum atomic E-state index is 14.2. The van der Waals surface area contributed by atoms with Gasteiger partial charge in [0, 0.05) is 6.54 Å². The van der Waals surface area contributed by atoms with E-state index in [0.29, 0.717) is 25.0 Å². The zero-order valence-electron chi connectivity index (χ0n) is 13.4. The first-order chi connectivity index (χ1) is 11.7.